The van der Waals surface area contributed by atoms with E-state index in [9.17, 15) is 0 Å². The summed E-state index contributed by atoms with van der Waals surface area (Å²) in [6.45, 7) is 8.28. The number of aromatic nitrogens is 7. The Hall–Kier alpha value is -2.51. The molecule has 8 heteroatoms. The number of nitrogens with zero attached hydrogens (tertiary/aromatic N) is 8. The maximum absolute atomic E-state index is 4.67. The van der Waals surface area contributed by atoms with E-state index in [-0.39, 0.29) is 0 Å². The molecule has 0 aromatic carbocycles. The summed E-state index contributed by atoms with van der Waals surface area (Å²) < 4.78 is 3.73. The Labute approximate surface area is 140 Å². The highest BCUT2D eigenvalue weighted by molar-refractivity contribution is 5.43. The van der Waals surface area contributed by atoms with Crippen LogP contribution in [0.25, 0.3) is 5.65 Å². The molecule has 1 fully saturated rings. The predicted molar refractivity (Wildman–Crippen MR) is 90.0 cm³/mol. The predicted octanol–water partition coefficient (Wildman–Crippen LogP) is 1.11. The lowest BCUT2D eigenvalue weighted by Crippen LogP contribution is -2.45. The Balaban J connectivity index is 1.51. The first-order chi connectivity index (χ1) is 11.5. The average Bonchev–Trinajstić information content (AvgIpc) is 3.10. The molecule has 8 nitrogen and oxygen atoms in total. The number of fused-ring (bicyclic) bond motifs is 1. The van der Waals surface area contributed by atoms with Gasteiger partial charge in [-0.05, 0) is 19.8 Å². The third-order valence-electron chi connectivity index (χ3n) is 4.51. The van der Waals surface area contributed by atoms with Crippen molar-refractivity contribution in [1.82, 2.24) is 34.3 Å². The van der Waals surface area contributed by atoms with Gasteiger partial charge >= 0.3 is 0 Å². The molecule has 1 saturated heterocycles. The summed E-state index contributed by atoms with van der Waals surface area (Å²) in [6.07, 6.45) is 3.34. The minimum Gasteiger partial charge on any atom is -0.339 e. The molecule has 4 heterocycles. The minimum atomic E-state index is 0.736. The first-order valence-corrected chi connectivity index (χ1v) is 8.34. The molecule has 0 bridgehead atoms. The minimum absolute atomic E-state index is 0.736. The molecule has 0 saturated carbocycles. The zero-order valence-electron chi connectivity index (χ0n) is 14.6. The SMILES string of the molecule is Cc1ncc(C)n2nc(CCc3nc(N4CC(C)C4)nn3C)nc12. The van der Waals surface area contributed by atoms with Crippen molar-refractivity contribution in [3.05, 3.63) is 29.2 Å². The molecular formula is C16H22N8. The number of rotatable bonds is 4. The molecule has 0 amide bonds. The fourth-order valence-electron chi connectivity index (χ4n) is 3.08. The fourth-order valence-corrected chi connectivity index (χ4v) is 3.08. The van der Waals surface area contributed by atoms with Crippen molar-refractivity contribution in [3.8, 4) is 0 Å². The molecule has 0 N–H and O–H groups in total. The molecule has 4 rings (SSSR count). The molecule has 1 aliphatic rings. The van der Waals surface area contributed by atoms with E-state index in [1.807, 2.05) is 36.3 Å². The van der Waals surface area contributed by atoms with Gasteiger partial charge in [-0.3, -0.25) is 9.67 Å². The van der Waals surface area contributed by atoms with E-state index in [4.69, 9.17) is 0 Å². The summed E-state index contributed by atoms with van der Waals surface area (Å²) in [4.78, 5) is 15.9. The van der Waals surface area contributed by atoms with Crippen LogP contribution in [-0.4, -0.2) is 47.4 Å². The maximum Gasteiger partial charge on any atom is 0.244 e. The first-order valence-electron chi connectivity index (χ1n) is 8.34. The van der Waals surface area contributed by atoms with Crippen LogP contribution in [0.2, 0.25) is 0 Å². The molecule has 0 radical (unpaired) electrons. The summed E-state index contributed by atoms with van der Waals surface area (Å²) >= 11 is 0. The van der Waals surface area contributed by atoms with Crippen LogP contribution < -0.4 is 4.90 Å². The number of aryl methyl sites for hydroxylation is 5. The lowest BCUT2D eigenvalue weighted by molar-refractivity contribution is 0.438. The maximum atomic E-state index is 4.67. The zero-order valence-corrected chi connectivity index (χ0v) is 14.6. The Morgan fingerprint density at radius 2 is 1.92 bits per heavy atom. The molecule has 3 aromatic heterocycles. The second kappa shape index (κ2) is 5.54. The van der Waals surface area contributed by atoms with Crippen molar-refractivity contribution < 1.29 is 0 Å². The molecule has 24 heavy (non-hydrogen) atoms. The van der Waals surface area contributed by atoms with Crippen molar-refractivity contribution in [3.63, 3.8) is 0 Å². The fraction of sp³-hybridized carbons (Fsp3) is 0.562. The van der Waals surface area contributed by atoms with E-state index in [0.717, 1.165) is 66.5 Å². The van der Waals surface area contributed by atoms with Crippen LogP contribution in [0.4, 0.5) is 5.95 Å². The van der Waals surface area contributed by atoms with E-state index in [1.54, 1.807) is 0 Å². The van der Waals surface area contributed by atoms with Crippen LogP contribution in [0.3, 0.4) is 0 Å². The number of hydrogen-bond donors (Lipinski definition) is 0. The lowest BCUT2D eigenvalue weighted by atomic mass is 10.0. The Morgan fingerprint density at radius 1 is 1.12 bits per heavy atom. The summed E-state index contributed by atoms with van der Waals surface area (Å²) in [5, 5.41) is 9.12. The van der Waals surface area contributed by atoms with Gasteiger partial charge < -0.3 is 4.90 Å². The summed E-state index contributed by atoms with van der Waals surface area (Å²) in [6, 6.07) is 0. The normalized spacial score (nSPS) is 15.2. The second-order valence-corrected chi connectivity index (χ2v) is 6.71. The average molecular weight is 326 g/mol. The van der Waals surface area contributed by atoms with Gasteiger partial charge in [-0.2, -0.15) is 10.1 Å². The quantitative estimate of drug-likeness (QED) is 0.715. The molecule has 126 valence electrons. The van der Waals surface area contributed by atoms with Gasteiger partial charge in [0, 0.05) is 39.2 Å². The van der Waals surface area contributed by atoms with Gasteiger partial charge in [-0.1, -0.05) is 6.92 Å². The topological polar surface area (TPSA) is 77.0 Å². The second-order valence-electron chi connectivity index (χ2n) is 6.71. The Bertz CT molecular complexity index is 848. The molecule has 0 aliphatic carbocycles. The van der Waals surface area contributed by atoms with E-state index in [2.05, 4.69) is 37.0 Å². The van der Waals surface area contributed by atoms with Crippen molar-refractivity contribution in [2.75, 3.05) is 18.0 Å². The van der Waals surface area contributed by atoms with Crippen LogP contribution in [0.15, 0.2) is 6.20 Å². The van der Waals surface area contributed by atoms with Gasteiger partial charge in [0.1, 0.15) is 5.82 Å². The van der Waals surface area contributed by atoms with Gasteiger partial charge in [0.25, 0.3) is 0 Å². The van der Waals surface area contributed by atoms with Crippen LogP contribution >= 0.6 is 0 Å². The van der Waals surface area contributed by atoms with E-state index >= 15 is 0 Å². The van der Waals surface area contributed by atoms with Gasteiger partial charge in [-0.15, -0.1) is 5.10 Å². The highest BCUT2D eigenvalue weighted by Gasteiger charge is 2.26. The third kappa shape index (κ3) is 2.51. The van der Waals surface area contributed by atoms with E-state index in [1.165, 1.54) is 0 Å². The molecule has 0 atom stereocenters. The smallest absolute Gasteiger partial charge is 0.244 e. The molecule has 3 aromatic rings. The van der Waals surface area contributed by atoms with Gasteiger partial charge in [0.2, 0.25) is 5.95 Å². The van der Waals surface area contributed by atoms with Crippen molar-refractivity contribution in [2.45, 2.75) is 33.6 Å². The molecule has 1 aliphatic heterocycles. The van der Waals surface area contributed by atoms with Crippen molar-refractivity contribution in [1.29, 1.82) is 0 Å². The van der Waals surface area contributed by atoms with Gasteiger partial charge in [0.05, 0.1) is 11.4 Å². The third-order valence-corrected chi connectivity index (χ3v) is 4.51. The van der Waals surface area contributed by atoms with Crippen LogP contribution in [0.5, 0.6) is 0 Å². The van der Waals surface area contributed by atoms with Crippen LogP contribution in [0.1, 0.15) is 30.0 Å². The van der Waals surface area contributed by atoms with Crippen molar-refractivity contribution in [2.24, 2.45) is 13.0 Å². The Morgan fingerprint density at radius 3 is 2.62 bits per heavy atom. The summed E-state index contributed by atoms with van der Waals surface area (Å²) in [5.41, 5.74) is 2.72. The summed E-state index contributed by atoms with van der Waals surface area (Å²) in [5.74, 6) is 3.36. The van der Waals surface area contributed by atoms with Crippen LogP contribution in [-0.2, 0) is 19.9 Å². The molecular weight excluding hydrogens is 304 g/mol. The zero-order chi connectivity index (χ0) is 16.8. The standard InChI is InChI=1S/C16H22N8/c1-10-8-23(9-10)16-19-14(22(4)21-16)6-5-13-18-15-12(3)17-7-11(2)24(15)20-13/h7,10H,5-6,8-9H2,1-4H3. The first kappa shape index (κ1) is 15.0. The van der Waals surface area contributed by atoms with E-state index in [0.29, 0.717) is 0 Å². The number of anilines is 1. The lowest BCUT2D eigenvalue weighted by Gasteiger charge is -2.36. The van der Waals surface area contributed by atoms with Gasteiger partial charge in [0.15, 0.2) is 11.5 Å². The Kier molecular flexibility index (Phi) is 3.47. The van der Waals surface area contributed by atoms with E-state index < -0.39 is 0 Å². The molecule has 0 unspecified atom stereocenters. The van der Waals surface area contributed by atoms with Crippen molar-refractivity contribution >= 4 is 11.6 Å². The number of hydrogen-bond acceptors (Lipinski definition) is 6. The largest absolute Gasteiger partial charge is 0.339 e. The monoisotopic (exact) mass is 326 g/mol. The van der Waals surface area contributed by atoms with Crippen LogP contribution in [0, 0.1) is 19.8 Å². The van der Waals surface area contributed by atoms with Gasteiger partial charge in [-0.25, -0.2) is 9.50 Å². The highest BCUT2D eigenvalue weighted by Crippen LogP contribution is 2.21. The summed E-state index contributed by atoms with van der Waals surface area (Å²) in [7, 11) is 1.95. The molecule has 0 spiro atoms. The highest BCUT2D eigenvalue weighted by atomic mass is 15.4.